The number of benzene rings is 1. The van der Waals surface area contributed by atoms with E-state index in [4.69, 9.17) is 16.7 Å². The molecule has 17 heavy (non-hydrogen) atoms. The Bertz CT molecular complexity index is 431. The van der Waals surface area contributed by atoms with Crippen molar-refractivity contribution < 1.29 is 15.0 Å². The highest BCUT2D eigenvalue weighted by molar-refractivity contribution is 6.33. The summed E-state index contributed by atoms with van der Waals surface area (Å²) in [6.45, 7) is 2.15. The van der Waals surface area contributed by atoms with E-state index in [1.807, 2.05) is 4.90 Å². The predicted molar refractivity (Wildman–Crippen MR) is 64.9 cm³/mol. The summed E-state index contributed by atoms with van der Waals surface area (Å²) in [7, 11) is 0. The van der Waals surface area contributed by atoms with Crippen molar-refractivity contribution in [1.29, 1.82) is 0 Å². The number of rotatable bonds is 1. The number of carboxylic acid groups (broad SMARTS) is 1. The lowest BCUT2D eigenvalue weighted by Gasteiger charge is -2.35. The molecule has 1 aromatic carbocycles. The van der Waals surface area contributed by atoms with Crippen LogP contribution in [0.25, 0.3) is 0 Å². The van der Waals surface area contributed by atoms with Crippen LogP contribution in [0.5, 0.6) is 5.75 Å². The number of anilines is 1. The molecule has 0 aromatic heterocycles. The Morgan fingerprint density at radius 2 is 1.88 bits per heavy atom. The fourth-order valence-corrected chi connectivity index (χ4v) is 2.19. The van der Waals surface area contributed by atoms with Gasteiger partial charge in [0.15, 0.2) is 0 Å². The van der Waals surface area contributed by atoms with Crippen molar-refractivity contribution in [3.05, 3.63) is 23.2 Å². The molecule has 1 aromatic rings. The maximum atomic E-state index is 10.8. The van der Waals surface area contributed by atoms with E-state index in [1.54, 1.807) is 12.1 Å². The minimum Gasteiger partial charge on any atom is -0.508 e. The van der Waals surface area contributed by atoms with Crippen molar-refractivity contribution in [2.24, 2.45) is 0 Å². The van der Waals surface area contributed by atoms with Crippen LogP contribution in [0.1, 0.15) is 0 Å². The lowest BCUT2D eigenvalue weighted by molar-refractivity contribution is 0.142. The van der Waals surface area contributed by atoms with Crippen molar-refractivity contribution >= 4 is 23.4 Å². The maximum absolute atomic E-state index is 10.8. The van der Waals surface area contributed by atoms with Crippen LogP contribution in [0.2, 0.25) is 5.02 Å². The highest BCUT2D eigenvalue weighted by Crippen LogP contribution is 2.29. The van der Waals surface area contributed by atoms with Gasteiger partial charge in [-0.05, 0) is 12.1 Å². The van der Waals surface area contributed by atoms with Crippen LogP contribution in [-0.4, -0.2) is 47.4 Å². The number of halogens is 1. The molecule has 0 radical (unpaired) electrons. The Morgan fingerprint density at radius 3 is 2.41 bits per heavy atom. The molecule has 2 N–H and O–H groups in total. The van der Waals surface area contributed by atoms with Crippen molar-refractivity contribution in [3.63, 3.8) is 0 Å². The SMILES string of the molecule is O=C(O)N1CCN(c2ccc(O)cc2Cl)CC1. The van der Waals surface area contributed by atoms with Gasteiger partial charge in [-0.3, -0.25) is 0 Å². The van der Waals surface area contributed by atoms with Crippen LogP contribution in [-0.2, 0) is 0 Å². The van der Waals surface area contributed by atoms with E-state index in [9.17, 15) is 9.90 Å². The molecule has 2 rings (SSSR count). The minimum absolute atomic E-state index is 0.128. The Labute approximate surface area is 104 Å². The second kappa shape index (κ2) is 4.71. The molecular weight excluding hydrogens is 244 g/mol. The average molecular weight is 257 g/mol. The maximum Gasteiger partial charge on any atom is 0.407 e. The van der Waals surface area contributed by atoms with Crippen LogP contribution in [0, 0.1) is 0 Å². The van der Waals surface area contributed by atoms with Crippen LogP contribution in [0.3, 0.4) is 0 Å². The van der Waals surface area contributed by atoms with Gasteiger partial charge in [-0.1, -0.05) is 11.6 Å². The Kier molecular flexibility index (Phi) is 3.28. The van der Waals surface area contributed by atoms with Gasteiger partial charge in [0.1, 0.15) is 5.75 Å². The Hall–Kier alpha value is -1.62. The van der Waals surface area contributed by atoms with Crippen LogP contribution in [0.4, 0.5) is 10.5 Å². The number of hydrogen-bond donors (Lipinski definition) is 2. The third-order valence-electron chi connectivity index (χ3n) is 2.82. The fraction of sp³-hybridized carbons (Fsp3) is 0.364. The highest BCUT2D eigenvalue weighted by Gasteiger charge is 2.21. The Morgan fingerprint density at radius 1 is 1.24 bits per heavy atom. The largest absolute Gasteiger partial charge is 0.508 e. The first-order valence-electron chi connectivity index (χ1n) is 5.29. The number of phenolic OH excluding ortho intramolecular Hbond substituents is 1. The summed E-state index contributed by atoms with van der Waals surface area (Å²) in [5, 5.41) is 18.6. The van der Waals surface area contributed by atoms with Gasteiger partial charge in [0, 0.05) is 32.2 Å². The van der Waals surface area contributed by atoms with Gasteiger partial charge in [0.25, 0.3) is 0 Å². The summed E-state index contributed by atoms with van der Waals surface area (Å²) in [5.41, 5.74) is 0.828. The first-order chi connectivity index (χ1) is 8.08. The van der Waals surface area contributed by atoms with Gasteiger partial charge in [0.2, 0.25) is 0 Å². The zero-order valence-corrected chi connectivity index (χ0v) is 9.89. The molecule has 92 valence electrons. The normalized spacial score (nSPS) is 16.1. The molecule has 1 saturated heterocycles. The van der Waals surface area contributed by atoms with E-state index in [0.29, 0.717) is 31.2 Å². The van der Waals surface area contributed by atoms with Gasteiger partial charge < -0.3 is 20.0 Å². The number of hydrogen-bond acceptors (Lipinski definition) is 3. The highest BCUT2D eigenvalue weighted by atomic mass is 35.5. The minimum atomic E-state index is -0.888. The summed E-state index contributed by atoms with van der Waals surface area (Å²) in [4.78, 5) is 14.2. The van der Waals surface area contributed by atoms with E-state index < -0.39 is 6.09 Å². The van der Waals surface area contributed by atoms with Crippen LogP contribution < -0.4 is 4.90 Å². The molecule has 1 aliphatic rings. The molecule has 0 saturated carbocycles. The third kappa shape index (κ3) is 2.55. The summed E-state index contributed by atoms with van der Waals surface area (Å²) in [5.74, 6) is 0.128. The van der Waals surface area contributed by atoms with Gasteiger partial charge in [-0.2, -0.15) is 0 Å². The number of phenols is 1. The second-order valence-electron chi connectivity index (χ2n) is 3.89. The van der Waals surface area contributed by atoms with E-state index in [2.05, 4.69) is 0 Å². The zero-order chi connectivity index (χ0) is 12.4. The van der Waals surface area contributed by atoms with Crippen molar-refractivity contribution in [1.82, 2.24) is 4.90 Å². The summed E-state index contributed by atoms with van der Waals surface area (Å²) >= 11 is 6.03. The third-order valence-corrected chi connectivity index (χ3v) is 3.12. The molecule has 1 amide bonds. The summed E-state index contributed by atoms with van der Waals surface area (Å²) in [6, 6.07) is 4.80. The molecule has 0 unspecified atom stereocenters. The molecule has 1 heterocycles. The van der Waals surface area contributed by atoms with Crippen LogP contribution in [0.15, 0.2) is 18.2 Å². The molecule has 0 spiro atoms. The molecule has 1 aliphatic heterocycles. The lowest BCUT2D eigenvalue weighted by Crippen LogP contribution is -2.48. The van der Waals surface area contributed by atoms with Gasteiger partial charge in [0.05, 0.1) is 10.7 Å². The van der Waals surface area contributed by atoms with Gasteiger partial charge in [-0.15, -0.1) is 0 Å². The lowest BCUT2D eigenvalue weighted by atomic mass is 10.2. The quantitative estimate of drug-likeness (QED) is 0.805. The van der Waals surface area contributed by atoms with E-state index in [1.165, 1.54) is 11.0 Å². The number of amides is 1. The van der Waals surface area contributed by atoms with E-state index in [0.717, 1.165) is 5.69 Å². The Balaban J connectivity index is 2.08. The molecular formula is C11H13ClN2O3. The summed E-state index contributed by atoms with van der Waals surface area (Å²) < 4.78 is 0. The van der Waals surface area contributed by atoms with Crippen molar-refractivity contribution in [2.45, 2.75) is 0 Å². The van der Waals surface area contributed by atoms with E-state index in [-0.39, 0.29) is 5.75 Å². The number of carbonyl (C=O) groups is 1. The first-order valence-corrected chi connectivity index (χ1v) is 5.67. The standard InChI is InChI=1S/C11H13ClN2O3/c12-9-7-8(15)1-2-10(9)13-3-5-14(6-4-13)11(16)17/h1-2,7,15H,3-6H2,(H,16,17). The molecule has 0 atom stereocenters. The monoisotopic (exact) mass is 256 g/mol. The number of aromatic hydroxyl groups is 1. The average Bonchev–Trinajstić information content (AvgIpc) is 2.29. The number of piperazine rings is 1. The van der Waals surface area contributed by atoms with Crippen molar-refractivity contribution in [2.75, 3.05) is 31.1 Å². The van der Waals surface area contributed by atoms with E-state index >= 15 is 0 Å². The first kappa shape index (κ1) is 11.9. The molecule has 5 nitrogen and oxygen atoms in total. The molecule has 6 heteroatoms. The molecule has 0 bridgehead atoms. The molecule has 1 fully saturated rings. The topological polar surface area (TPSA) is 64.0 Å². The van der Waals surface area contributed by atoms with Crippen LogP contribution >= 0.6 is 11.6 Å². The predicted octanol–water partition coefficient (Wildman–Crippen LogP) is 1.85. The fourth-order valence-electron chi connectivity index (χ4n) is 1.89. The van der Waals surface area contributed by atoms with Gasteiger partial charge in [-0.25, -0.2) is 4.79 Å². The number of nitrogens with zero attached hydrogens (tertiary/aromatic N) is 2. The smallest absolute Gasteiger partial charge is 0.407 e. The van der Waals surface area contributed by atoms with Gasteiger partial charge >= 0.3 is 6.09 Å². The zero-order valence-electron chi connectivity index (χ0n) is 9.14. The second-order valence-corrected chi connectivity index (χ2v) is 4.30. The van der Waals surface area contributed by atoms with Crippen molar-refractivity contribution in [3.8, 4) is 5.75 Å². The summed E-state index contributed by atoms with van der Waals surface area (Å²) in [6.07, 6.45) is -0.888. The molecule has 0 aliphatic carbocycles.